The maximum atomic E-state index is 10.2. The zero-order valence-electron chi connectivity index (χ0n) is 14.0. The van der Waals surface area contributed by atoms with Crippen LogP contribution in [0.3, 0.4) is 0 Å². The summed E-state index contributed by atoms with van der Waals surface area (Å²) in [6.45, 7) is 4.50. The molecule has 0 aliphatic heterocycles. The molecule has 0 heterocycles. The van der Waals surface area contributed by atoms with Crippen LogP contribution < -0.4 is 0 Å². The van der Waals surface area contributed by atoms with Crippen molar-refractivity contribution in [2.45, 2.75) is 45.1 Å². The van der Waals surface area contributed by atoms with E-state index in [1.165, 1.54) is 29.5 Å². The molecule has 0 saturated heterocycles. The van der Waals surface area contributed by atoms with Crippen LogP contribution in [0.2, 0.25) is 0 Å². The predicted octanol–water partition coefficient (Wildman–Crippen LogP) is 4.20. The molecule has 0 bridgehead atoms. The van der Waals surface area contributed by atoms with Crippen molar-refractivity contribution in [3.63, 3.8) is 0 Å². The molecule has 0 fully saturated rings. The molecule has 1 unspecified atom stereocenters. The topological polar surface area (TPSA) is 23.5 Å². The number of hydrogen-bond donors (Lipinski definition) is 1. The molecule has 0 saturated carbocycles. The van der Waals surface area contributed by atoms with Crippen molar-refractivity contribution in [1.82, 2.24) is 4.90 Å². The van der Waals surface area contributed by atoms with E-state index in [4.69, 9.17) is 0 Å². The quantitative estimate of drug-likeness (QED) is 0.864. The SMILES string of the molecule is CCCN(CCc1ccccc1)C1CCc2cccc(O)c2C1. The van der Waals surface area contributed by atoms with Gasteiger partial charge < -0.3 is 5.11 Å². The molecule has 1 aliphatic carbocycles. The smallest absolute Gasteiger partial charge is 0.119 e. The maximum Gasteiger partial charge on any atom is 0.119 e. The highest BCUT2D eigenvalue weighted by molar-refractivity contribution is 5.41. The lowest BCUT2D eigenvalue weighted by atomic mass is 9.86. The first-order valence-electron chi connectivity index (χ1n) is 8.85. The van der Waals surface area contributed by atoms with E-state index in [0.717, 1.165) is 32.4 Å². The maximum absolute atomic E-state index is 10.2. The van der Waals surface area contributed by atoms with E-state index >= 15 is 0 Å². The van der Waals surface area contributed by atoms with E-state index in [-0.39, 0.29) is 0 Å². The van der Waals surface area contributed by atoms with E-state index in [9.17, 15) is 5.11 Å². The molecule has 0 spiro atoms. The lowest BCUT2D eigenvalue weighted by Crippen LogP contribution is -2.41. The molecular weight excluding hydrogens is 282 g/mol. The van der Waals surface area contributed by atoms with Crippen molar-refractivity contribution in [3.8, 4) is 5.75 Å². The van der Waals surface area contributed by atoms with Gasteiger partial charge in [-0.3, -0.25) is 4.90 Å². The summed E-state index contributed by atoms with van der Waals surface area (Å²) in [5.41, 5.74) is 3.91. The number of aromatic hydroxyl groups is 1. The number of phenolic OH excluding ortho intramolecular Hbond substituents is 1. The van der Waals surface area contributed by atoms with Crippen molar-refractivity contribution in [1.29, 1.82) is 0 Å². The standard InChI is InChI=1S/C21H27NO/c1-2-14-22(15-13-17-7-4-3-5-8-17)19-12-11-18-9-6-10-21(23)20(18)16-19/h3-10,19,23H,2,11-16H2,1H3. The number of phenols is 1. The number of rotatable bonds is 6. The largest absolute Gasteiger partial charge is 0.508 e. The molecule has 2 heteroatoms. The second-order valence-corrected chi connectivity index (χ2v) is 6.58. The van der Waals surface area contributed by atoms with Crippen LogP contribution in [0.1, 0.15) is 36.5 Å². The van der Waals surface area contributed by atoms with Gasteiger partial charge in [0, 0.05) is 12.6 Å². The molecule has 0 radical (unpaired) electrons. The van der Waals surface area contributed by atoms with Crippen LogP contribution in [0.15, 0.2) is 48.5 Å². The fourth-order valence-corrected chi connectivity index (χ4v) is 3.74. The van der Waals surface area contributed by atoms with Gasteiger partial charge in [-0.25, -0.2) is 0 Å². The third kappa shape index (κ3) is 3.94. The summed E-state index contributed by atoms with van der Waals surface area (Å²) in [4.78, 5) is 2.63. The summed E-state index contributed by atoms with van der Waals surface area (Å²) >= 11 is 0. The molecule has 1 N–H and O–H groups in total. The Kier molecular flexibility index (Phi) is 5.35. The van der Waals surface area contributed by atoms with Gasteiger partial charge in [0.05, 0.1) is 0 Å². The van der Waals surface area contributed by atoms with Crippen LogP contribution in [0, 0.1) is 0 Å². The first kappa shape index (κ1) is 16.1. The number of aryl methyl sites for hydroxylation is 1. The highest BCUT2D eigenvalue weighted by atomic mass is 16.3. The molecule has 23 heavy (non-hydrogen) atoms. The Morgan fingerprint density at radius 3 is 2.65 bits per heavy atom. The fourth-order valence-electron chi connectivity index (χ4n) is 3.74. The Bertz CT molecular complexity index is 623. The van der Waals surface area contributed by atoms with Crippen molar-refractivity contribution in [2.24, 2.45) is 0 Å². The first-order chi connectivity index (χ1) is 11.3. The third-order valence-electron chi connectivity index (χ3n) is 4.99. The minimum atomic E-state index is 0.478. The monoisotopic (exact) mass is 309 g/mol. The van der Waals surface area contributed by atoms with Crippen LogP contribution in [0.4, 0.5) is 0 Å². The van der Waals surface area contributed by atoms with Gasteiger partial charge in [-0.1, -0.05) is 49.4 Å². The average Bonchev–Trinajstić information content (AvgIpc) is 2.60. The Morgan fingerprint density at radius 2 is 1.87 bits per heavy atom. The molecule has 0 amide bonds. The molecule has 2 aromatic rings. The van der Waals surface area contributed by atoms with Crippen LogP contribution >= 0.6 is 0 Å². The van der Waals surface area contributed by atoms with Crippen LogP contribution in [-0.4, -0.2) is 29.1 Å². The summed E-state index contributed by atoms with van der Waals surface area (Å²) in [5, 5.41) is 10.2. The molecule has 0 aromatic heterocycles. The number of fused-ring (bicyclic) bond motifs is 1. The third-order valence-corrected chi connectivity index (χ3v) is 4.99. The summed E-state index contributed by atoms with van der Waals surface area (Å²) in [6, 6.07) is 17.3. The highest BCUT2D eigenvalue weighted by Crippen LogP contribution is 2.30. The van der Waals surface area contributed by atoms with Gasteiger partial charge in [-0.05, 0) is 61.4 Å². The van der Waals surface area contributed by atoms with Gasteiger partial charge in [0.15, 0.2) is 0 Å². The summed E-state index contributed by atoms with van der Waals surface area (Å²) in [5.74, 6) is 0.478. The van der Waals surface area contributed by atoms with Crippen LogP contribution in [-0.2, 0) is 19.3 Å². The van der Waals surface area contributed by atoms with Crippen LogP contribution in [0.5, 0.6) is 5.75 Å². The van der Waals surface area contributed by atoms with Crippen molar-refractivity contribution in [3.05, 3.63) is 65.2 Å². The Hall–Kier alpha value is -1.80. The zero-order chi connectivity index (χ0) is 16.1. The first-order valence-corrected chi connectivity index (χ1v) is 8.85. The summed E-state index contributed by atoms with van der Waals surface area (Å²) in [6.07, 6.45) is 5.55. The summed E-state index contributed by atoms with van der Waals surface area (Å²) < 4.78 is 0. The van der Waals surface area contributed by atoms with Gasteiger partial charge in [-0.15, -0.1) is 0 Å². The number of benzene rings is 2. The molecular formula is C21H27NO. The average molecular weight is 309 g/mol. The minimum absolute atomic E-state index is 0.478. The molecule has 1 aliphatic rings. The van der Waals surface area contributed by atoms with Crippen molar-refractivity contribution in [2.75, 3.05) is 13.1 Å². The zero-order valence-corrected chi connectivity index (χ0v) is 14.0. The number of hydrogen-bond acceptors (Lipinski definition) is 2. The van der Waals surface area contributed by atoms with E-state index in [2.05, 4.69) is 48.2 Å². The Morgan fingerprint density at radius 1 is 1.04 bits per heavy atom. The second-order valence-electron chi connectivity index (χ2n) is 6.58. The Labute approximate surface area is 139 Å². The number of nitrogens with zero attached hydrogens (tertiary/aromatic N) is 1. The van der Waals surface area contributed by atoms with Crippen molar-refractivity contribution >= 4 is 0 Å². The van der Waals surface area contributed by atoms with Gasteiger partial charge in [-0.2, -0.15) is 0 Å². The second kappa shape index (κ2) is 7.65. The molecule has 2 nitrogen and oxygen atoms in total. The van der Waals surface area contributed by atoms with E-state index < -0.39 is 0 Å². The lowest BCUT2D eigenvalue weighted by Gasteiger charge is -2.35. The van der Waals surface area contributed by atoms with E-state index in [1.807, 2.05) is 12.1 Å². The van der Waals surface area contributed by atoms with E-state index in [1.54, 1.807) is 0 Å². The van der Waals surface area contributed by atoms with Gasteiger partial charge >= 0.3 is 0 Å². The fraction of sp³-hybridized carbons (Fsp3) is 0.429. The van der Waals surface area contributed by atoms with Gasteiger partial charge in [0.25, 0.3) is 0 Å². The predicted molar refractivity (Wildman–Crippen MR) is 95.9 cm³/mol. The molecule has 3 rings (SSSR count). The molecule has 1 atom stereocenters. The summed E-state index contributed by atoms with van der Waals surface area (Å²) in [7, 11) is 0. The highest BCUT2D eigenvalue weighted by Gasteiger charge is 2.25. The lowest BCUT2D eigenvalue weighted by molar-refractivity contribution is 0.180. The van der Waals surface area contributed by atoms with Crippen molar-refractivity contribution < 1.29 is 5.11 Å². The van der Waals surface area contributed by atoms with Gasteiger partial charge in [0.1, 0.15) is 5.75 Å². The molecule has 2 aromatic carbocycles. The molecule has 122 valence electrons. The Balaban J connectivity index is 1.68. The minimum Gasteiger partial charge on any atom is -0.508 e. The van der Waals surface area contributed by atoms with E-state index in [0.29, 0.717) is 11.8 Å². The normalized spacial score (nSPS) is 17.2. The van der Waals surface area contributed by atoms with Crippen LogP contribution in [0.25, 0.3) is 0 Å². The van der Waals surface area contributed by atoms with Gasteiger partial charge in [0.2, 0.25) is 0 Å².